The predicted molar refractivity (Wildman–Crippen MR) is 83.4 cm³/mol. The summed E-state index contributed by atoms with van der Waals surface area (Å²) in [5, 5.41) is 0.666. The molecule has 21 heavy (non-hydrogen) atoms. The lowest BCUT2D eigenvalue weighted by molar-refractivity contribution is -0.148. The van der Waals surface area contributed by atoms with Gasteiger partial charge in [0.15, 0.2) is 0 Å². The van der Waals surface area contributed by atoms with E-state index in [4.69, 9.17) is 10.5 Å². The minimum Gasteiger partial charge on any atom is -0.466 e. The topological polar surface area (TPSA) is 81.8 Å². The van der Waals surface area contributed by atoms with E-state index in [0.717, 1.165) is 29.7 Å². The second-order valence-electron chi connectivity index (χ2n) is 4.96. The van der Waals surface area contributed by atoms with Crippen LogP contribution in [-0.2, 0) is 22.4 Å². The van der Waals surface area contributed by atoms with Crippen molar-refractivity contribution in [2.45, 2.75) is 39.5 Å². The van der Waals surface area contributed by atoms with Crippen LogP contribution in [-0.4, -0.2) is 24.7 Å². The summed E-state index contributed by atoms with van der Waals surface area (Å²) in [5.41, 5.74) is 6.88. The Labute approximate surface area is 128 Å². The molecule has 1 aliphatic rings. The highest BCUT2D eigenvalue weighted by Crippen LogP contribution is 2.41. The molecule has 1 atom stereocenters. The van der Waals surface area contributed by atoms with Gasteiger partial charge < -0.3 is 10.5 Å². The van der Waals surface area contributed by atoms with Gasteiger partial charge in [0.25, 0.3) is 5.91 Å². The quantitative estimate of drug-likeness (QED) is 0.670. The zero-order valence-electron chi connectivity index (χ0n) is 12.3. The Balaban J connectivity index is 2.33. The highest BCUT2D eigenvalue weighted by molar-refractivity contribution is 7.16. The number of esters is 1. The van der Waals surface area contributed by atoms with Crippen LogP contribution in [0.2, 0.25) is 0 Å². The van der Waals surface area contributed by atoms with Crippen LogP contribution in [0.3, 0.4) is 0 Å². The molecule has 1 aromatic heterocycles. The molecule has 6 heteroatoms. The summed E-state index contributed by atoms with van der Waals surface area (Å²) >= 11 is 1.51. The first kappa shape index (κ1) is 15.7. The molecular weight excluding hydrogens is 288 g/mol. The summed E-state index contributed by atoms with van der Waals surface area (Å²) in [5.74, 6) is -0.850. The molecule has 114 valence electrons. The number of aryl methyl sites for hydroxylation is 1. The number of fused-ring (bicyclic) bond motifs is 1. The lowest BCUT2D eigenvalue weighted by Gasteiger charge is -2.20. The number of hydrogen-bond donors (Lipinski definition) is 1. The van der Waals surface area contributed by atoms with Crippen molar-refractivity contribution >= 4 is 34.4 Å². The molecule has 1 aliphatic carbocycles. The third-order valence-corrected chi connectivity index (χ3v) is 4.70. The van der Waals surface area contributed by atoms with E-state index in [1.54, 1.807) is 13.1 Å². The van der Waals surface area contributed by atoms with Crippen LogP contribution in [0.15, 0.2) is 4.99 Å². The molecule has 1 unspecified atom stereocenters. The van der Waals surface area contributed by atoms with E-state index < -0.39 is 5.91 Å². The number of amides is 1. The first-order chi connectivity index (χ1) is 10.1. The van der Waals surface area contributed by atoms with Gasteiger partial charge in [-0.15, -0.1) is 11.3 Å². The van der Waals surface area contributed by atoms with Crippen LogP contribution in [0.1, 0.15) is 47.5 Å². The van der Waals surface area contributed by atoms with Gasteiger partial charge in [0.05, 0.1) is 18.1 Å². The van der Waals surface area contributed by atoms with E-state index >= 15 is 0 Å². The van der Waals surface area contributed by atoms with Gasteiger partial charge in [-0.2, -0.15) is 0 Å². The summed E-state index contributed by atoms with van der Waals surface area (Å²) in [6.45, 7) is 4.15. The van der Waals surface area contributed by atoms with Gasteiger partial charge in [-0.05, 0) is 38.2 Å². The molecule has 0 bridgehead atoms. The van der Waals surface area contributed by atoms with Crippen molar-refractivity contribution in [3.05, 3.63) is 16.0 Å². The number of carbonyl (C=O) groups is 2. The summed E-state index contributed by atoms with van der Waals surface area (Å²) in [7, 11) is 0. The minimum atomic E-state index is -0.472. The number of hydrogen-bond acceptors (Lipinski definition) is 5. The lowest BCUT2D eigenvalue weighted by Crippen LogP contribution is -2.25. The fraction of sp³-hybridized carbons (Fsp3) is 0.533. The van der Waals surface area contributed by atoms with Crippen LogP contribution >= 0.6 is 11.3 Å². The van der Waals surface area contributed by atoms with E-state index in [1.807, 2.05) is 6.92 Å². The van der Waals surface area contributed by atoms with E-state index in [-0.39, 0.29) is 11.9 Å². The molecule has 0 aliphatic heterocycles. The van der Waals surface area contributed by atoms with Gasteiger partial charge in [0.2, 0.25) is 0 Å². The Kier molecular flexibility index (Phi) is 5.12. The maximum atomic E-state index is 11.9. The number of nitrogens with zero attached hydrogens (tertiary/aromatic N) is 1. The van der Waals surface area contributed by atoms with Gasteiger partial charge >= 0.3 is 5.97 Å². The summed E-state index contributed by atoms with van der Waals surface area (Å²) < 4.78 is 5.09. The van der Waals surface area contributed by atoms with Crippen molar-refractivity contribution < 1.29 is 14.3 Å². The largest absolute Gasteiger partial charge is 0.466 e. The first-order valence-electron chi connectivity index (χ1n) is 7.21. The number of carbonyl (C=O) groups excluding carboxylic acids is 2. The fourth-order valence-corrected chi connectivity index (χ4v) is 3.76. The van der Waals surface area contributed by atoms with Crippen LogP contribution in [0.25, 0.3) is 0 Å². The minimum absolute atomic E-state index is 0.187. The van der Waals surface area contributed by atoms with Gasteiger partial charge in [0, 0.05) is 11.1 Å². The van der Waals surface area contributed by atoms with Crippen LogP contribution in [0.4, 0.5) is 5.00 Å². The number of ether oxygens (including phenoxy) is 1. The van der Waals surface area contributed by atoms with E-state index in [0.29, 0.717) is 23.6 Å². The molecule has 0 saturated heterocycles. The predicted octanol–water partition coefficient (Wildman–Crippen LogP) is 2.63. The average molecular weight is 308 g/mol. The number of rotatable bonds is 5. The summed E-state index contributed by atoms with van der Waals surface area (Å²) in [6.07, 6.45) is 4.61. The Morgan fingerprint density at radius 1 is 1.48 bits per heavy atom. The first-order valence-corrected chi connectivity index (χ1v) is 8.03. The molecule has 1 heterocycles. The maximum absolute atomic E-state index is 11.9. The number of nitrogens with two attached hydrogens (primary N) is 1. The molecule has 5 nitrogen and oxygen atoms in total. The maximum Gasteiger partial charge on any atom is 0.309 e. The summed E-state index contributed by atoms with van der Waals surface area (Å²) in [4.78, 5) is 29.1. The van der Waals surface area contributed by atoms with Crippen molar-refractivity contribution in [1.29, 1.82) is 0 Å². The lowest BCUT2D eigenvalue weighted by atomic mass is 9.86. The van der Waals surface area contributed by atoms with Crippen LogP contribution < -0.4 is 5.73 Å². The molecule has 0 saturated carbocycles. The van der Waals surface area contributed by atoms with E-state index in [1.165, 1.54) is 11.3 Å². The van der Waals surface area contributed by atoms with Crippen molar-refractivity contribution in [3.63, 3.8) is 0 Å². The third-order valence-electron chi connectivity index (χ3n) is 3.50. The normalized spacial score (nSPS) is 17.7. The van der Waals surface area contributed by atoms with Crippen molar-refractivity contribution in [3.8, 4) is 0 Å². The molecule has 2 rings (SSSR count). The zero-order chi connectivity index (χ0) is 15.4. The highest BCUT2D eigenvalue weighted by atomic mass is 32.1. The number of primary amides is 1. The third kappa shape index (κ3) is 3.32. The zero-order valence-corrected chi connectivity index (χ0v) is 13.2. The fourth-order valence-electron chi connectivity index (χ4n) is 2.55. The molecule has 0 radical (unpaired) electrons. The van der Waals surface area contributed by atoms with Gasteiger partial charge in [0.1, 0.15) is 5.00 Å². The molecule has 0 fully saturated rings. The van der Waals surface area contributed by atoms with E-state index in [9.17, 15) is 9.59 Å². The monoisotopic (exact) mass is 308 g/mol. The second-order valence-corrected chi connectivity index (χ2v) is 6.04. The Morgan fingerprint density at radius 3 is 2.86 bits per heavy atom. The van der Waals surface area contributed by atoms with Crippen LogP contribution in [0.5, 0.6) is 0 Å². The standard InChI is InChI=1S/C15H20N2O3S/c1-3-7-17-14-12(13(16)18)10-8-9(15(19)20-4-2)5-6-11(10)21-14/h7,9H,3-6,8H2,1-2H3,(H2,16,18)/b17-7-. The molecule has 0 aromatic carbocycles. The van der Waals surface area contributed by atoms with Crippen molar-refractivity contribution in [2.75, 3.05) is 6.61 Å². The Bertz CT molecular complexity index is 578. The molecule has 1 aromatic rings. The number of aliphatic imine (C=N–C) groups is 1. The van der Waals surface area contributed by atoms with Crippen LogP contribution in [0, 0.1) is 5.92 Å². The van der Waals surface area contributed by atoms with Gasteiger partial charge in [-0.25, -0.2) is 4.99 Å². The SMILES string of the molecule is CC/C=N\c1sc2c(c1C(N)=O)CC(C(=O)OCC)CC2. The number of thiophene rings is 1. The molecular formula is C15H20N2O3S. The molecule has 1 amide bonds. The smallest absolute Gasteiger partial charge is 0.309 e. The second kappa shape index (κ2) is 6.85. The van der Waals surface area contributed by atoms with Crippen molar-refractivity contribution in [1.82, 2.24) is 0 Å². The highest BCUT2D eigenvalue weighted by Gasteiger charge is 2.31. The molecule has 0 spiro atoms. The van der Waals surface area contributed by atoms with Crippen molar-refractivity contribution in [2.24, 2.45) is 16.6 Å². The molecule has 2 N–H and O–H groups in total. The summed E-state index contributed by atoms with van der Waals surface area (Å²) in [6, 6.07) is 0. The van der Waals surface area contributed by atoms with Gasteiger partial charge in [-0.3, -0.25) is 9.59 Å². The Morgan fingerprint density at radius 2 is 2.24 bits per heavy atom. The van der Waals surface area contributed by atoms with E-state index in [2.05, 4.69) is 4.99 Å². The van der Waals surface area contributed by atoms with Gasteiger partial charge in [-0.1, -0.05) is 6.92 Å². The Hall–Kier alpha value is -1.69. The average Bonchev–Trinajstić information content (AvgIpc) is 2.82.